The minimum Gasteiger partial charge on any atom is -0.396 e. The molecule has 0 spiro atoms. The van der Waals surface area contributed by atoms with Crippen LogP contribution < -0.4 is 5.32 Å². The van der Waals surface area contributed by atoms with Crippen LogP contribution >= 0.6 is 11.6 Å². The third-order valence-electron chi connectivity index (χ3n) is 4.91. The van der Waals surface area contributed by atoms with E-state index in [4.69, 9.17) is 16.3 Å². The summed E-state index contributed by atoms with van der Waals surface area (Å²) >= 11 is 6.04. The number of benzene rings is 2. The number of ether oxygens (including phenoxy) is 1. The first-order valence-electron chi connectivity index (χ1n) is 8.45. The molecule has 3 rings (SSSR count). The number of halogens is 1. The summed E-state index contributed by atoms with van der Waals surface area (Å²) in [5.41, 5.74) is 2.28. The summed E-state index contributed by atoms with van der Waals surface area (Å²) in [5.74, 6) is 0. The van der Waals surface area contributed by atoms with E-state index in [1.807, 2.05) is 18.2 Å². The van der Waals surface area contributed by atoms with Crippen molar-refractivity contribution >= 4 is 11.6 Å². The van der Waals surface area contributed by atoms with Gasteiger partial charge < -0.3 is 15.2 Å². The Morgan fingerprint density at radius 2 is 1.62 bits per heavy atom. The second kappa shape index (κ2) is 8.13. The van der Waals surface area contributed by atoms with Crippen molar-refractivity contribution in [3.05, 3.63) is 70.7 Å². The smallest absolute Gasteiger partial charge is 0.0576 e. The van der Waals surface area contributed by atoms with Gasteiger partial charge in [0.15, 0.2) is 0 Å². The van der Waals surface area contributed by atoms with E-state index in [2.05, 4.69) is 41.7 Å². The molecular formula is C20H24ClNO2. The van der Waals surface area contributed by atoms with Gasteiger partial charge in [-0.15, -0.1) is 0 Å². The molecule has 1 saturated heterocycles. The fourth-order valence-corrected chi connectivity index (χ4v) is 3.37. The first kappa shape index (κ1) is 17.4. The first-order chi connectivity index (χ1) is 11.7. The molecule has 0 aliphatic carbocycles. The zero-order valence-electron chi connectivity index (χ0n) is 13.7. The van der Waals surface area contributed by atoms with Crippen LogP contribution in [0, 0.1) is 5.41 Å². The van der Waals surface area contributed by atoms with Crippen LogP contribution in [0.25, 0.3) is 0 Å². The molecule has 2 N–H and O–H groups in total. The highest BCUT2D eigenvalue weighted by Crippen LogP contribution is 2.31. The zero-order chi connectivity index (χ0) is 16.8. The van der Waals surface area contributed by atoms with E-state index in [0.717, 1.165) is 37.6 Å². The molecule has 0 saturated carbocycles. The largest absolute Gasteiger partial charge is 0.396 e. The lowest BCUT2D eigenvalue weighted by molar-refractivity contribution is -0.0160. The van der Waals surface area contributed by atoms with Crippen molar-refractivity contribution in [3.8, 4) is 0 Å². The first-order valence-corrected chi connectivity index (χ1v) is 8.83. The minimum atomic E-state index is -0.0995. The average molecular weight is 346 g/mol. The zero-order valence-corrected chi connectivity index (χ0v) is 14.5. The molecule has 1 fully saturated rings. The Bertz CT molecular complexity index is 624. The molecule has 1 unspecified atom stereocenters. The number of nitrogens with one attached hydrogen (secondary N) is 1. The number of hydrogen-bond donors (Lipinski definition) is 2. The summed E-state index contributed by atoms with van der Waals surface area (Å²) in [6.45, 7) is 2.39. The third kappa shape index (κ3) is 4.17. The molecule has 1 atom stereocenters. The molecule has 0 aromatic heterocycles. The van der Waals surface area contributed by atoms with Crippen molar-refractivity contribution in [3.63, 3.8) is 0 Å². The Labute approximate surface area is 148 Å². The van der Waals surface area contributed by atoms with Gasteiger partial charge in [0.2, 0.25) is 0 Å². The summed E-state index contributed by atoms with van der Waals surface area (Å²) in [6.07, 6.45) is 1.78. The van der Waals surface area contributed by atoms with Crippen LogP contribution in [0.5, 0.6) is 0 Å². The van der Waals surface area contributed by atoms with Crippen molar-refractivity contribution in [2.24, 2.45) is 5.41 Å². The monoisotopic (exact) mass is 345 g/mol. The molecule has 0 radical (unpaired) electrons. The van der Waals surface area contributed by atoms with E-state index in [-0.39, 0.29) is 18.1 Å². The molecule has 3 nitrogen and oxygen atoms in total. The van der Waals surface area contributed by atoms with E-state index < -0.39 is 0 Å². The average Bonchev–Trinajstić information content (AvgIpc) is 2.65. The lowest BCUT2D eigenvalue weighted by Gasteiger charge is -2.37. The van der Waals surface area contributed by atoms with Crippen LogP contribution in [0.2, 0.25) is 5.02 Å². The summed E-state index contributed by atoms with van der Waals surface area (Å²) in [4.78, 5) is 0. The van der Waals surface area contributed by atoms with Crippen LogP contribution in [0.3, 0.4) is 0 Å². The van der Waals surface area contributed by atoms with Gasteiger partial charge in [0.1, 0.15) is 0 Å². The van der Waals surface area contributed by atoms with Crippen molar-refractivity contribution in [1.82, 2.24) is 5.32 Å². The van der Waals surface area contributed by atoms with Crippen LogP contribution in [-0.4, -0.2) is 31.5 Å². The predicted molar refractivity (Wildman–Crippen MR) is 97.3 cm³/mol. The van der Waals surface area contributed by atoms with Crippen molar-refractivity contribution in [2.45, 2.75) is 18.9 Å². The number of rotatable bonds is 6. The Kier molecular flexibility index (Phi) is 5.90. The molecule has 2 aromatic rings. The van der Waals surface area contributed by atoms with Crippen LogP contribution in [0.15, 0.2) is 54.6 Å². The molecule has 0 bridgehead atoms. The summed E-state index contributed by atoms with van der Waals surface area (Å²) in [7, 11) is 0. The van der Waals surface area contributed by atoms with Gasteiger partial charge >= 0.3 is 0 Å². The van der Waals surface area contributed by atoms with E-state index in [1.165, 1.54) is 11.1 Å². The highest BCUT2D eigenvalue weighted by atomic mass is 35.5. The van der Waals surface area contributed by atoms with Gasteiger partial charge in [-0.25, -0.2) is 0 Å². The van der Waals surface area contributed by atoms with Gasteiger partial charge in [-0.05, 0) is 36.1 Å². The van der Waals surface area contributed by atoms with Gasteiger partial charge in [0.05, 0.1) is 12.6 Å². The Balaban J connectivity index is 1.81. The molecule has 128 valence electrons. The van der Waals surface area contributed by atoms with Crippen LogP contribution in [0.4, 0.5) is 0 Å². The standard InChI is InChI=1S/C20H24ClNO2/c21-18-8-6-17(7-9-18)19(16-4-2-1-3-5-16)22-14-20(15-23)10-12-24-13-11-20/h1-9,19,22-23H,10-15H2. The van der Waals surface area contributed by atoms with E-state index in [1.54, 1.807) is 0 Å². The summed E-state index contributed by atoms with van der Waals surface area (Å²) in [6, 6.07) is 18.4. The second-order valence-electron chi connectivity index (χ2n) is 6.55. The SMILES string of the molecule is OCC1(CNC(c2ccccc2)c2ccc(Cl)cc2)CCOCC1. The van der Waals surface area contributed by atoms with Gasteiger partial charge in [0, 0.05) is 30.2 Å². The second-order valence-corrected chi connectivity index (χ2v) is 6.98. The molecule has 1 heterocycles. The highest BCUT2D eigenvalue weighted by molar-refractivity contribution is 6.30. The van der Waals surface area contributed by atoms with Crippen LogP contribution in [-0.2, 0) is 4.74 Å². The molecule has 0 amide bonds. The maximum atomic E-state index is 9.92. The molecular weight excluding hydrogens is 322 g/mol. The third-order valence-corrected chi connectivity index (χ3v) is 5.16. The van der Waals surface area contributed by atoms with Crippen molar-refractivity contribution in [2.75, 3.05) is 26.4 Å². The summed E-state index contributed by atoms with van der Waals surface area (Å²) < 4.78 is 5.46. The fraction of sp³-hybridized carbons (Fsp3) is 0.400. The van der Waals surface area contributed by atoms with Crippen molar-refractivity contribution in [1.29, 1.82) is 0 Å². The Hall–Kier alpha value is -1.39. The Morgan fingerprint density at radius 3 is 2.25 bits per heavy atom. The molecule has 1 aliphatic rings. The van der Waals surface area contributed by atoms with E-state index in [9.17, 15) is 5.11 Å². The van der Waals surface area contributed by atoms with Crippen molar-refractivity contribution < 1.29 is 9.84 Å². The van der Waals surface area contributed by atoms with Gasteiger partial charge in [-0.1, -0.05) is 54.1 Å². The predicted octanol–water partition coefficient (Wildman–Crippen LogP) is 3.81. The highest BCUT2D eigenvalue weighted by Gasteiger charge is 2.32. The quantitative estimate of drug-likeness (QED) is 0.836. The molecule has 2 aromatic carbocycles. The normalized spacial score (nSPS) is 18.2. The maximum Gasteiger partial charge on any atom is 0.0576 e. The molecule has 4 heteroatoms. The maximum absolute atomic E-state index is 9.92. The summed E-state index contributed by atoms with van der Waals surface area (Å²) in [5, 5.41) is 14.3. The number of aliphatic hydroxyl groups is 1. The lowest BCUT2D eigenvalue weighted by Crippen LogP contribution is -2.43. The lowest BCUT2D eigenvalue weighted by atomic mass is 9.80. The molecule has 24 heavy (non-hydrogen) atoms. The minimum absolute atomic E-state index is 0.0785. The Morgan fingerprint density at radius 1 is 1.00 bits per heavy atom. The molecule has 1 aliphatic heterocycles. The van der Waals surface area contributed by atoms with Gasteiger partial charge in [0.25, 0.3) is 0 Å². The topological polar surface area (TPSA) is 41.5 Å². The van der Waals surface area contributed by atoms with Gasteiger partial charge in [-0.3, -0.25) is 0 Å². The van der Waals surface area contributed by atoms with Crippen LogP contribution in [0.1, 0.15) is 30.0 Å². The van der Waals surface area contributed by atoms with Gasteiger partial charge in [-0.2, -0.15) is 0 Å². The van der Waals surface area contributed by atoms with E-state index >= 15 is 0 Å². The number of hydrogen-bond acceptors (Lipinski definition) is 3. The number of aliphatic hydroxyl groups excluding tert-OH is 1. The van der Waals surface area contributed by atoms with E-state index in [0.29, 0.717) is 0 Å². The fourth-order valence-electron chi connectivity index (χ4n) is 3.24.